The molecule has 2 aromatic carbocycles. The maximum absolute atomic E-state index is 12.8. The lowest BCUT2D eigenvalue weighted by molar-refractivity contribution is 0.146. The SMILES string of the molecule is N#Cc1c(C(F)F)nc2ccc(Cl)cc2c1Cl.N#Cc1cnc2c(C(F)F)cc(Cl)cc2c1Cl. The Kier molecular flexibility index (Phi) is 8.01. The van der Waals surface area contributed by atoms with E-state index in [1.165, 1.54) is 30.5 Å². The molecule has 4 nitrogen and oxygen atoms in total. The average Bonchev–Trinajstić information content (AvgIpc) is 2.79. The Hall–Kier alpha value is -2.88. The molecule has 12 heteroatoms. The smallest absolute Gasteiger partial charge is 0.254 e. The van der Waals surface area contributed by atoms with Crippen LogP contribution in [-0.4, -0.2) is 9.97 Å². The largest absolute Gasteiger partial charge is 0.281 e. The Labute approximate surface area is 209 Å². The topological polar surface area (TPSA) is 73.4 Å². The van der Waals surface area contributed by atoms with Crippen LogP contribution in [0, 0.1) is 22.7 Å². The molecule has 34 heavy (non-hydrogen) atoms. The third-order valence-corrected chi connectivity index (χ3v) is 5.74. The van der Waals surface area contributed by atoms with Crippen LogP contribution in [0.1, 0.15) is 35.2 Å². The van der Waals surface area contributed by atoms with Crippen LogP contribution in [0.15, 0.2) is 36.5 Å². The molecule has 0 bridgehead atoms. The molecule has 4 rings (SSSR count). The van der Waals surface area contributed by atoms with Gasteiger partial charge in [-0.05, 0) is 30.3 Å². The van der Waals surface area contributed by atoms with E-state index < -0.39 is 18.5 Å². The Morgan fingerprint density at radius 1 is 0.794 bits per heavy atom. The lowest BCUT2D eigenvalue weighted by Crippen LogP contribution is -1.97. The molecular formula is C22H8Cl4F4N4. The van der Waals surface area contributed by atoms with Crippen LogP contribution in [0.5, 0.6) is 0 Å². The highest BCUT2D eigenvalue weighted by Crippen LogP contribution is 2.35. The molecule has 2 heterocycles. The van der Waals surface area contributed by atoms with Crippen molar-refractivity contribution in [3.8, 4) is 12.1 Å². The third kappa shape index (κ3) is 5.11. The van der Waals surface area contributed by atoms with Crippen LogP contribution in [0.25, 0.3) is 21.8 Å². The van der Waals surface area contributed by atoms with Crippen molar-refractivity contribution in [2.45, 2.75) is 12.9 Å². The second-order valence-corrected chi connectivity index (χ2v) is 8.18. The Morgan fingerprint density at radius 3 is 2.06 bits per heavy atom. The lowest BCUT2D eigenvalue weighted by Gasteiger charge is -2.07. The molecule has 0 unspecified atom stereocenters. The molecule has 0 N–H and O–H groups in total. The van der Waals surface area contributed by atoms with Crippen molar-refractivity contribution in [3.05, 3.63) is 79.0 Å². The summed E-state index contributed by atoms with van der Waals surface area (Å²) in [4.78, 5) is 7.56. The van der Waals surface area contributed by atoms with Crippen LogP contribution >= 0.6 is 46.4 Å². The van der Waals surface area contributed by atoms with Crippen molar-refractivity contribution in [1.82, 2.24) is 9.97 Å². The summed E-state index contributed by atoms with van der Waals surface area (Å²) in [6.07, 6.45) is -4.38. The predicted molar refractivity (Wildman–Crippen MR) is 123 cm³/mol. The summed E-state index contributed by atoms with van der Waals surface area (Å²) in [5.74, 6) is 0. The van der Waals surface area contributed by atoms with E-state index in [0.717, 1.165) is 6.07 Å². The first-order chi connectivity index (χ1) is 16.1. The van der Waals surface area contributed by atoms with Crippen molar-refractivity contribution in [2.24, 2.45) is 0 Å². The normalized spacial score (nSPS) is 10.8. The van der Waals surface area contributed by atoms with E-state index in [1.807, 2.05) is 6.07 Å². The summed E-state index contributed by atoms with van der Waals surface area (Å²) in [7, 11) is 0. The van der Waals surface area contributed by atoms with Crippen LogP contribution in [0.3, 0.4) is 0 Å². The zero-order valence-corrected chi connectivity index (χ0v) is 19.5. The number of pyridine rings is 2. The summed E-state index contributed by atoms with van der Waals surface area (Å²) in [5, 5.41) is 18.8. The van der Waals surface area contributed by atoms with Gasteiger partial charge in [-0.2, -0.15) is 10.5 Å². The van der Waals surface area contributed by atoms with Crippen LogP contribution in [0.2, 0.25) is 20.1 Å². The third-order valence-electron chi connectivity index (χ3n) is 4.49. The number of rotatable bonds is 2. The van der Waals surface area contributed by atoms with Gasteiger partial charge >= 0.3 is 0 Å². The van der Waals surface area contributed by atoms with Crippen molar-refractivity contribution < 1.29 is 17.6 Å². The molecule has 0 fully saturated rings. The minimum absolute atomic E-state index is 0.0460. The van der Waals surface area contributed by atoms with Crippen LogP contribution < -0.4 is 0 Å². The number of fused-ring (bicyclic) bond motifs is 2. The van der Waals surface area contributed by atoms with E-state index in [1.54, 1.807) is 6.07 Å². The maximum Gasteiger partial charge on any atom is 0.281 e. The number of halogens is 8. The summed E-state index contributed by atoms with van der Waals surface area (Å²) in [6.45, 7) is 0. The highest BCUT2D eigenvalue weighted by molar-refractivity contribution is 6.38. The summed E-state index contributed by atoms with van der Waals surface area (Å²) in [5.41, 5.74) is -0.730. The molecular weight excluding hydrogens is 538 g/mol. The minimum Gasteiger partial charge on any atom is -0.254 e. The molecule has 4 aromatic rings. The average molecular weight is 546 g/mol. The van der Waals surface area contributed by atoms with Gasteiger partial charge in [0, 0.05) is 32.6 Å². The Balaban J connectivity index is 0.000000191. The molecule has 0 radical (unpaired) electrons. The Morgan fingerprint density at radius 2 is 1.47 bits per heavy atom. The van der Waals surface area contributed by atoms with Gasteiger partial charge in [0.05, 0.1) is 32.2 Å². The molecule has 2 aromatic heterocycles. The zero-order chi connectivity index (χ0) is 25.2. The second kappa shape index (κ2) is 10.6. The summed E-state index contributed by atoms with van der Waals surface area (Å²) < 4.78 is 51.0. The lowest BCUT2D eigenvalue weighted by atomic mass is 10.1. The fourth-order valence-electron chi connectivity index (χ4n) is 2.99. The van der Waals surface area contributed by atoms with Crippen molar-refractivity contribution in [1.29, 1.82) is 10.5 Å². The van der Waals surface area contributed by atoms with Crippen molar-refractivity contribution >= 4 is 68.2 Å². The van der Waals surface area contributed by atoms with Crippen molar-refractivity contribution in [2.75, 3.05) is 0 Å². The monoisotopic (exact) mass is 544 g/mol. The molecule has 172 valence electrons. The number of benzene rings is 2. The zero-order valence-electron chi connectivity index (χ0n) is 16.4. The number of aromatic nitrogens is 2. The molecule has 0 aliphatic rings. The van der Waals surface area contributed by atoms with E-state index in [-0.39, 0.29) is 48.2 Å². The Bertz CT molecular complexity index is 1500. The van der Waals surface area contributed by atoms with E-state index in [2.05, 4.69) is 9.97 Å². The van der Waals surface area contributed by atoms with Gasteiger partial charge in [0.15, 0.2) is 0 Å². The molecule has 0 atom stereocenters. The highest BCUT2D eigenvalue weighted by atomic mass is 35.5. The van der Waals surface area contributed by atoms with E-state index in [4.69, 9.17) is 56.9 Å². The molecule has 0 amide bonds. The van der Waals surface area contributed by atoms with E-state index >= 15 is 0 Å². The van der Waals surface area contributed by atoms with Gasteiger partial charge in [0.2, 0.25) is 0 Å². The van der Waals surface area contributed by atoms with E-state index in [0.29, 0.717) is 10.4 Å². The number of alkyl halides is 4. The summed E-state index contributed by atoms with van der Waals surface area (Å²) >= 11 is 23.3. The highest BCUT2D eigenvalue weighted by Gasteiger charge is 2.20. The van der Waals surface area contributed by atoms with Crippen molar-refractivity contribution in [3.63, 3.8) is 0 Å². The fraction of sp³-hybridized carbons (Fsp3) is 0.0909. The molecule has 0 spiro atoms. The number of nitrogens with zero attached hydrogens (tertiary/aromatic N) is 4. The number of hydrogen-bond donors (Lipinski definition) is 0. The molecule has 0 saturated heterocycles. The molecule has 0 aliphatic heterocycles. The summed E-state index contributed by atoms with van der Waals surface area (Å²) in [6, 6.07) is 10.5. The first-order valence-corrected chi connectivity index (χ1v) is 10.5. The van der Waals surface area contributed by atoms with Crippen LogP contribution in [0.4, 0.5) is 17.6 Å². The standard InChI is InChI=1S/2C11H4Cl2F2N2/c12-6-1-7-9(13)5(3-16)4-17-10(7)8(2-6)11(14)15;12-5-1-2-8-6(3-5)9(13)7(4-16)10(17-8)11(14)15/h1-2,4,11H;1-3,11H. The first kappa shape index (κ1) is 25.7. The van der Waals surface area contributed by atoms with E-state index in [9.17, 15) is 17.6 Å². The van der Waals surface area contributed by atoms with Gasteiger partial charge in [-0.3, -0.25) is 4.98 Å². The maximum atomic E-state index is 12.8. The van der Waals surface area contributed by atoms with Gasteiger partial charge in [-0.1, -0.05) is 46.4 Å². The first-order valence-electron chi connectivity index (χ1n) is 9.01. The number of nitriles is 2. The second-order valence-electron chi connectivity index (χ2n) is 6.55. The van der Waals surface area contributed by atoms with Gasteiger partial charge in [-0.15, -0.1) is 0 Å². The van der Waals surface area contributed by atoms with Crippen LogP contribution in [-0.2, 0) is 0 Å². The van der Waals surface area contributed by atoms with Gasteiger partial charge in [0.25, 0.3) is 12.9 Å². The minimum atomic E-state index is -2.85. The quantitative estimate of drug-likeness (QED) is 0.236. The fourth-order valence-corrected chi connectivity index (χ4v) is 3.91. The van der Waals surface area contributed by atoms with Gasteiger partial charge in [-0.25, -0.2) is 22.5 Å². The molecule has 0 aliphatic carbocycles. The molecule has 0 saturated carbocycles. The predicted octanol–water partition coefficient (Wildman–Crippen LogP) is 8.70. The number of hydrogen-bond acceptors (Lipinski definition) is 4. The van der Waals surface area contributed by atoms with Gasteiger partial charge in [0.1, 0.15) is 17.8 Å². The van der Waals surface area contributed by atoms with Gasteiger partial charge < -0.3 is 0 Å².